The van der Waals surface area contributed by atoms with Crippen LogP contribution in [-0.2, 0) is 20.7 Å². The number of halogens is 1. The monoisotopic (exact) mass is 397 g/mol. The van der Waals surface area contributed by atoms with Crippen LogP contribution >= 0.6 is 7.60 Å². The van der Waals surface area contributed by atoms with Crippen LogP contribution in [0.5, 0.6) is 0 Å². The maximum Gasteiger partial charge on any atom is 0.350 e. The van der Waals surface area contributed by atoms with Gasteiger partial charge in [0, 0.05) is 0 Å². The molecule has 0 bridgehead atoms. The Morgan fingerprint density at radius 1 is 1.35 bits per heavy atom. The van der Waals surface area contributed by atoms with E-state index in [-0.39, 0.29) is 12.5 Å². The zero-order valence-corrected chi connectivity index (χ0v) is 15.3. The summed E-state index contributed by atoms with van der Waals surface area (Å²) in [4.78, 5) is 59.9. The predicted molar refractivity (Wildman–Crippen MR) is 87.0 cm³/mol. The molecule has 148 valence electrons. The van der Waals surface area contributed by atoms with Crippen molar-refractivity contribution in [3.05, 3.63) is 32.3 Å². The molecule has 13 heteroatoms. The van der Waals surface area contributed by atoms with Gasteiger partial charge in [-0.25, -0.2) is 10.3 Å². The summed E-state index contributed by atoms with van der Waals surface area (Å²) in [6, 6.07) is 0. The third-order valence-corrected chi connectivity index (χ3v) is 3.39. The molecular weight excluding hydrogens is 376 g/mol. The van der Waals surface area contributed by atoms with Crippen LogP contribution in [0, 0.1) is 11.7 Å². The summed E-state index contributed by atoms with van der Waals surface area (Å²) in [6.07, 6.45) is -1.90. The van der Waals surface area contributed by atoms with Gasteiger partial charge in [0.2, 0.25) is 5.82 Å². The Morgan fingerprint density at radius 3 is 2.50 bits per heavy atom. The molecular formula is C13H21FN3O8P. The maximum atomic E-state index is 14.1. The van der Waals surface area contributed by atoms with E-state index in [4.69, 9.17) is 19.4 Å². The lowest BCUT2D eigenvalue weighted by Gasteiger charge is -2.15. The van der Waals surface area contributed by atoms with E-state index in [1.165, 1.54) is 6.92 Å². The number of hydrogen-bond donors (Lipinski definition) is 4. The minimum atomic E-state index is -4.43. The number of amides is 1. The first-order chi connectivity index (χ1) is 11.9. The molecule has 0 aliphatic carbocycles. The largest absolute Gasteiger partial charge is 0.364 e. The zero-order chi connectivity index (χ0) is 20.1. The number of aromatic amines is 1. The highest BCUT2D eigenvalue weighted by Crippen LogP contribution is 2.34. The van der Waals surface area contributed by atoms with Gasteiger partial charge in [0.25, 0.3) is 11.5 Å². The first-order valence-corrected chi connectivity index (χ1v) is 9.33. The number of carbonyl (C=O) groups excluding carboxylic acids is 1. The van der Waals surface area contributed by atoms with Gasteiger partial charge in [0.1, 0.15) is 6.35 Å². The topological polar surface area (TPSA) is 160 Å². The summed E-state index contributed by atoms with van der Waals surface area (Å²) < 4.78 is 30.1. The number of nitrogens with zero attached hydrogens (tertiary/aromatic N) is 1. The third kappa shape index (κ3) is 6.81. The molecule has 0 saturated carbocycles. The van der Waals surface area contributed by atoms with Crippen molar-refractivity contribution in [2.24, 2.45) is 5.92 Å². The zero-order valence-electron chi connectivity index (χ0n) is 14.4. The van der Waals surface area contributed by atoms with Crippen LogP contribution in [0.15, 0.2) is 9.59 Å². The van der Waals surface area contributed by atoms with E-state index in [1.807, 2.05) is 24.3 Å². The summed E-state index contributed by atoms with van der Waals surface area (Å²) in [7, 11) is -4.43. The number of aromatic nitrogens is 2. The standard InChI is InChI=1S/C13H21FN3O8P/c1-7(2)5-25-16-11(18)10-9(14)12(19)17(13(20)15-10)4-8(3)24-6-26(21,22)23/h7-8H,4-6H2,1-3H3,(H,15,20)(H,16,18)(H2,21,22,23)/t8-/m1/s1. The van der Waals surface area contributed by atoms with Crippen molar-refractivity contribution in [3.63, 3.8) is 0 Å². The second-order valence-electron chi connectivity index (χ2n) is 5.94. The van der Waals surface area contributed by atoms with E-state index >= 15 is 0 Å². The van der Waals surface area contributed by atoms with Gasteiger partial charge in [-0.15, -0.1) is 0 Å². The summed E-state index contributed by atoms with van der Waals surface area (Å²) in [6.45, 7) is 4.62. The minimum absolute atomic E-state index is 0.0850. The Kier molecular flexibility index (Phi) is 7.85. The van der Waals surface area contributed by atoms with E-state index < -0.39 is 55.3 Å². The molecule has 0 aliphatic rings. The van der Waals surface area contributed by atoms with Crippen molar-refractivity contribution in [1.82, 2.24) is 15.0 Å². The first kappa shape index (κ1) is 22.2. The molecule has 0 unspecified atom stereocenters. The molecule has 1 rings (SSSR count). The molecule has 1 heterocycles. The number of H-pyrrole nitrogens is 1. The summed E-state index contributed by atoms with van der Waals surface area (Å²) in [5.41, 5.74) is -1.44. The molecule has 11 nitrogen and oxygen atoms in total. The van der Waals surface area contributed by atoms with Gasteiger partial charge in [-0.1, -0.05) is 13.8 Å². The molecule has 0 fully saturated rings. The minimum Gasteiger partial charge on any atom is -0.364 e. The second-order valence-corrected chi connectivity index (χ2v) is 7.53. The highest BCUT2D eigenvalue weighted by Gasteiger charge is 2.22. The number of carbonyl (C=O) groups is 1. The second kappa shape index (κ2) is 9.19. The van der Waals surface area contributed by atoms with E-state index in [9.17, 15) is 23.3 Å². The van der Waals surface area contributed by atoms with Gasteiger partial charge in [-0.2, -0.15) is 4.39 Å². The lowest BCUT2D eigenvalue weighted by molar-refractivity contribution is 0.0200. The number of ether oxygens (including phenoxy) is 1. The SMILES string of the molecule is CC(C)CONC(=O)c1[nH]c(=O)n(C[C@@H](C)OCP(=O)(O)O)c(=O)c1F. The Labute approximate surface area is 147 Å². The van der Waals surface area contributed by atoms with Gasteiger partial charge in [-0.05, 0) is 12.8 Å². The van der Waals surface area contributed by atoms with Crippen LogP contribution in [0.2, 0.25) is 0 Å². The Hall–Kier alpha value is -1.85. The van der Waals surface area contributed by atoms with Crippen LogP contribution in [-0.4, -0.2) is 44.3 Å². The predicted octanol–water partition coefficient (Wildman–Crippen LogP) is -0.467. The lowest BCUT2D eigenvalue weighted by atomic mass is 10.2. The fourth-order valence-corrected chi connectivity index (χ4v) is 2.18. The first-order valence-electron chi connectivity index (χ1n) is 7.53. The van der Waals surface area contributed by atoms with Gasteiger partial charge in [0.05, 0.1) is 19.3 Å². The summed E-state index contributed by atoms with van der Waals surface area (Å²) >= 11 is 0. The summed E-state index contributed by atoms with van der Waals surface area (Å²) in [5.74, 6) is -2.55. The third-order valence-electron chi connectivity index (χ3n) is 2.91. The van der Waals surface area contributed by atoms with Gasteiger partial charge in [-0.3, -0.25) is 28.5 Å². The van der Waals surface area contributed by atoms with E-state index in [0.717, 1.165) is 0 Å². The van der Waals surface area contributed by atoms with Crippen LogP contribution < -0.4 is 16.7 Å². The number of hydrogen-bond acceptors (Lipinski definition) is 6. The number of nitrogens with one attached hydrogen (secondary N) is 2. The Bertz CT molecular complexity index is 800. The smallest absolute Gasteiger partial charge is 0.350 e. The number of rotatable bonds is 9. The van der Waals surface area contributed by atoms with E-state index in [0.29, 0.717) is 4.57 Å². The number of hydroxylamine groups is 1. The van der Waals surface area contributed by atoms with E-state index in [1.54, 1.807) is 0 Å². The molecule has 0 aromatic carbocycles. The normalized spacial score (nSPS) is 13.0. The van der Waals surface area contributed by atoms with Gasteiger partial charge in [0.15, 0.2) is 5.69 Å². The molecule has 0 spiro atoms. The molecule has 1 atom stereocenters. The van der Waals surface area contributed by atoms with E-state index in [2.05, 4.69) is 0 Å². The molecule has 0 saturated heterocycles. The van der Waals surface area contributed by atoms with Crippen LogP contribution in [0.25, 0.3) is 0 Å². The molecule has 1 amide bonds. The van der Waals surface area contributed by atoms with Crippen LogP contribution in [0.1, 0.15) is 31.3 Å². The van der Waals surface area contributed by atoms with Crippen molar-refractivity contribution in [2.75, 3.05) is 13.0 Å². The van der Waals surface area contributed by atoms with Crippen molar-refractivity contribution in [1.29, 1.82) is 0 Å². The Morgan fingerprint density at radius 2 is 1.96 bits per heavy atom. The maximum absolute atomic E-state index is 14.1. The highest BCUT2D eigenvalue weighted by molar-refractivity contribution is 7.51. The molecule has 0 aliphatic heterocycles. The fraction of sp³-hybridized carbons (Fsp3) is 0.615. The van der Waals surface area contributed by atoms with Crippen molar-refractivity contribution in [3.8, 4) is 0 Å². The van der Waals surface area contributed by atoms with Crippen molar-refractivity contribution in [2.45, 2.75) is 33.4 Å². The van der Waals surface area contributed by atoms with Crippen LogP contribution in [0.4, 0.5) is 4.39 Å². The van der Waals surface area contributed by atoms with Gasteiger partial charge >= 0.3 is 13.3 Å². The molecule has 1 aromatic rings. The fourth-order valence-electron chi connectivity index (χ4n) is 1.73. The molecule has 0 radical (unpaired) electrons. The lowest BCUT2D eigenvalue weighted by Crippen LogP contribution is -2.43. The highest BCUT2D eigenvalue weighted by atomic mass is 31.2. The molecule has 4 N–H and O–H groups in total. The van der Waals surface area contributed by atoms with Crippen molar-refractivity contribution < 1.29 is 33.1 Å². The Balaban J connectivity index is 2.94. The quantitative estimate of drug-likeness (QED) is 0.321. The summed E-state index contributed by atoms with van der Waals surface area (Å²) in [5, 5.41) is 0. The molecule has 26 heavy (non-hydrogen) atoms. The van der Waals surface area contributed by atoms with Crippen molar-refractivity contribution >= 4 is 13.5 Å². The molecule has 1 aromatic heterocycles. The average Bonchev–Trinajstić information content (AvgIpc) is 2.51. The van der Waals surface area contributed by atoms with Crippen LogP contribution in [0.3, 0.4) is 0 Å². The average molecular weight is 397 g/mol. The van der Waals surface area contributed by atoms with Gasteiger partial charge < -0.3 is 14.5 Å².